The van der Waals surface area contributed by atoms with E-state index in [-0.39, 0.29) is 12.5 Å². The molecule has 0 bridgehead atoms. The van der Waals surface area contributed by atoms with Gasteiger partial charge in [-0.05, 0) is 81.0 Å². The third-order valence-electron chi connectivity index (χ3n) is 4.99. The van der Waals surface area contributed by atoms with Gasteiger partial charge in [0, 0.05) is 24.5 Å². The molecule has 0 saturated heterocycles. The van der Waals surface area contributed by atoms with Gasteiger partial charge < -0.3 is 15.0 Å². The minimum atomic E-state index is -0.131. The van der Waals surface area contributed by atoms with E-state index in [1.807, 2.05) is 36.4 Å². The number of nitrogens with zero attached hydrogens (tertiary/aromatic N) is 1. The Kier molecular flexibility index (Phi) is 6.16. The first-order chi connectivity index (χ1) is 12.7. The summed E-state index contributed by atoms with van der Waals surface area (Å²) < 4.78 is 5.81. The summed E-state index contributed by atoms with van der Waals surface area (Å²) in [5, 5.41) is 2.91. The van der Waals surface area contributed by atoms with Crippen LogP contribution in [0.15, 0.2) is 42.5 Å². The van der Waals surface area contributed by atoms with E-state index in [1.54, 1.807) is 0 Å². The van der Waals surface area contributed by atoms with Crippen molar-refractivity contribution in [3.05, 3.63) is 53.6 Å². The predicted molar refractivity (Wildman–Crippen MR) is 107 cm³/mol. The summed E-state index contributed by atoms with van der Waals surface area (Å²) in [5.74, 6) is 0.725. The van der Waals surface area contributed by atoms with Crippen LogP contribution in [0.2, 0.25) is 0 Å². The van der Waals surface area contributed by atoms with Gasteiger partial charge in [-0.1, -0.05) is 12.1 Å². The number of nitrogens with one attached hydrogen (secondary N) is 1. The van der Waals surface area contributed by atoms with Gasteiger partial charge in [0.2, 0.25) is 0 Å². The Morgan fingerprint density at radius 1 is 1.04 bits per heavy atom. The van der Waals surface area contributed by atoms with Crippen LogP contribution in [0.4, 0.5) is 11.4 Å². The van der Waals surface area contributed by atoms with Gasteiger partial charge in [0.15, 0.2) is 6.61 Å². The summed E-state index contributed by atoms with van der Waals surface area (Å²) in [6.45, 7) is 6.25. The van der Waals surface area contributed by atoms with E-state index in [1.165, 1.54) is 29.7 Å². The highest BCUT2D eigenvalue weighted by atomic mass is 16.5. The van der Waals surface area contributed by atoms with E-state index in [9.17, 15) is 4.79 Å². The molecule has 26 heavy (non-hydrogen) atoms. The Labute approximate surface area is 156 Å². The fourth-order valence-electron chi connectivity index (χ4n) is 3.57. The van der Waals surface area contributed by atoms with E-state index in [4.69, 9.17) is 4.74 Å². The number of anilines is 2. The topological polar surface area (TPSA) is 41.6 Å². The first kappa shape index (κ1) is 18.3. The summed E-state index contributed by atoms with van der Waals surface area (Å²) in [6.07, 6.45) is 4.58. The predicted octanol–water partition coefficient (Wildman–Crippen LogP) is 4.43. The Hall–Kier alpha value is -2.49. The zero-order chi connectivity index (χ0) is 18.4. The van der Waals surface area contributed by atoms with Crippen LogP contribution in [0.5, 0.6) is 5.75 Å². The van der Waals surface area contributed by atoms with Gasteiger partial charge in [0.05, 0.1) is 0 Å². The van der Waals surface area contributed by atoms with E-state index in [0.29, 0.717) is 0 Å². The molecule has 0 heterocycles. The molecule has 1 aliphatic rings. The Morgan fingerprint density at radius 3 is 2.50 bits per heavy atom. The van der Waals surface area contributed by atoms with Crippen LogP contribution in [0.3, 0.4) is 0 Å². The molecule has 1 aliphatic carbocycles. The fourth-order valence-corrected chi connectivity index (χ4v) is 3.57. The number of hydrogen-bond acceptors (Lipinski definition) is 3. The standard InChI is InChI=1S/C22H28N2O2/c1-3-24(4-2)19-14-12-18(13-15-19)23-22(25)16-26-21-11-7-9-17-8-5-6-10-20(17)21/h7,9,11-15H,3-6,8,10,16H2,1-2H3,(H,23,25). The van der Waals surface area contributed by atoms with Crippen molar-refractivity contribution in [2.45, 2.75) is 39.5 Å². The molecule has 0 aromatic heterocycles. The number of benzene rings is 2. The third-order valence-corrected chi connectivity index (χ3v) is 4.99. The lowest BCUT2D eigenvalue weighted by molar-refractivity contribution is -0.118. The average molecular weight is 352 g/mol. The smallest absolute Gasteiger partial charge is 0.262 e. The van der Waals surface area contributed by atoms with Crippen molar-refractivity contribution in [1.29, 1.82) is 0 Å². The van der Waals surface area contributed by atoms with Crippen molar-refractivity contribution in [3.8, 4) is 5.75 Å². The van der Waals surface area contributed by atoms with E-state index >= 15 is 0 Å². The van der Waals surface area contributed by atoms with E-state index in [0.717, 1.165) is 37.4 Å². The first-order valence-corrected chi connectivity index (χ1v) is 9.59. The van der Waals surface area contributed by atoms with Gasteiger partial charge in [-0.3, -0.25) is 4.79 Å². The highest BCUT2D eigenvalue weighted by Gasteiger charge is 2.14. The molecule has 3 rings (SSSR count). The lowest BCUT2D eigenvalue weighted by Crippen LogP contribution is -2.22. The lowest BCUT2D eigenvalue weighted by Gasteiger charge is -2.21. The molecule has 0 spiro atoms. The Morgan fingerprint density at radius 2 is 1.77 bits per heavy atom. The summed E-state index contributed by atoms with van der Waals surface area (Å²) in [4.78, 5) is 14.5. The quantitative estimate of drug-likeness (QED) is 0.801. The minimum absolute atomic E-state index is 0.0360. The number of amides is 1. The SMILES string of the molecule is CCN(CC)c1ccc(NC(=O)COc2cccc3c2CCCC3)cc1. The summed E-state index contributed by atoms with van der Waals surface area (Å²) in [5.41, 5.74) is 4.60. The van der Waals surface area contributed by atoms with Crippen molar-refractivity contribution in [1.82, 2.24) is 0 Å². The highest BCUT2D eigenvalue weighted by molar-refractivity contribution is 5.92. The number of ether oxygens (including phenoxy) is 1. The fraction of sp³-hybridized carbons (Fsp3) is 0.409. The van der Waals surface area contributed by atoms with Crippen LogP contribution < -0.4 is 15.0 Å². The van der Waals surface area contributed by atoms with Crippen molar-refractivity contribution in [2.75, 3.05) is 29.9 Å². The molecule has 2 aromatic rings. The largest absolute Gasteiger partial charge is 0.483 e. The molecule has 0 atom stereocenters. The molecule has 0 saturated carbocycles. The normalized spacial score (nSPS) is 13.0. The van der Waals surface area contributed by atoms with E-state index in [2.05, 4.69) is 30.1 Å². The molecule has 1 amide bonds. The van der Waals surface area contributed by atoms with Crippen LogP contribution in [0.1, 0.15) is 37.8 Å². The molecule has 0 radical (unpaired) electrons. The minimum Gasteiger partial charge on any atom is -0.483 e. The lowest BCUT2D eigenvalue weighted by atomic mass is 9.91. The maximum Gasteiger partial charge on any atom is 0.262 e. The molecule has 4 nitrogen and oxygen atoms in total. The summed E-state index contributed by atoms with van der Waals surface area (Å²) in [7, 11) is 0. The van der Waals surface area contributed by atoms with Crippen LogP contribution in [-0.4, -0.2) is 25.6 Å². The van der Waals surface area contributed by atoms with Crippen LogP contribution in [0.25, 0.3) is 0 Å². The van der Waals surface area contributed by atoms with Crippen molar-refractivity contribution < 1.29 is 9.53 Å². The van der Waals surface area contributed by atoms with Crippen LogP contribution in [0, 0.1) is 0 Å². The molecule has 138 valence electrons. The second-order valence-electron chi connectivity index (χ2n) is 6.66. The van der Waals surface area contributed by atoms with E-state index < -0.39 is 0 Å². The number of rotatable bonds is 7. The van der Waals surface area contributed by atoms with Gasteiger partial charge in [0.25, 0.3) is 5.91 Å². The number of hydrogen-bond donors (Lipinski definition) is 1. The van der Waals surface area contributed by atoms with Crippen molar-refractivity contribution in [2.24, 2.45) is 0 Å². The molecule has 0 fully saturated rings. The highest BCUT2D eigenvalue weighted by Crippen LogP contribution is 2.29. The van der Waals surface area contributed by atoms with Gasteiger partial charge in [-0.15, -0.1) is 0 Å². The second-order valence-corrected chi connectivity index (χ2v) is 6.66. The number of carbonyl (C=O) groups is 1. The molecule has 0 aliphatic heterocycles. The van der Waals surface area contributed by atoms with Gasteiger partial charge in [0.1, 0.15) is 5.75 Å². The Balaban J connectivity index is 1.56. The van der Waals surface area contributed by atoms with Crippen LogP contribution >= 0.6 is 0 Å². The zero-order valence-corrected chi connectivity index (χ0v) is 15.8. The number of aryl methyl sites for hydroxylation is 1. The maximum atomic E-state index is 12.2. The van der Waals surface area contributed by atoms with Crippen LogP contribution in [-0.2, 0) is 17.6 Å². The molecule has 4 heteroatoms. The Bertz CT molecular complexity index is 736. The third kappa shape index (κ3) is 4.37. The first-order valence-electron chi connectivity index (χ1n) is 9.59. The molecule has 0 unspecified atom stereocenters. The zero-order valence-electron chi connectivity index (χ0n) is 15.8. The van der Waals surface area contributed by atoms with Gasteiger partial charge >= 0.3 is 0 Å². The average Bonchev–Trinajstić information content (AvgIpc) is 2.68. The van der Waals surface area contributed by atoms with Gasteiger partial charge in [-0.2, -0.15) is 0 Å². The summed E-state index contributed by atoms with van der Waals surface area (Å²) >= 11 is 0. The maximum absolute atomic E-state index is 12.2. The molecule has 2 aromatic carbocycles. The second kappa shape index (κ2) is 8.75. The number of carbonyl (C=O) groups excluding carboxylic acids is 1. The molecule has 1 N–H and O–H groups in total. The van der Waals surface area contributed by atoms with Crippen molar-refractivity contribution >= 4 is 17.3 Å². The molecular formula is C22H28N2O2. The van der Waals surface area contributed by atoms with Gasteiger partial charge in [-0.25, -0.2) is 0 Å². The monoisotopic (exact) mass is 352 g/mol. The molecular weight excluding hydrogens is 324 g/mol. The number of fused-ring (bicyclic) bond motifs is 1. The summed E-state index contributed by atoms with van der Waals surface area (Å²) in [6, 6.07) is 14.1. The van der Waals surface area contributed by atoms with Crippen molar-refractivity contribution in [3.63, 3.8) is 0 Å².